The molecule has 1 aliphatic rings. The molecule has 1 aromatic rings. The average molecular weight is 216 g/mol. The second-order valence-electron chi connectivity index (χ2n) is 4.15. The third kappa shape index (κ3) is 1.95. The van der Waals surface area contributed by atoms with E-state index in [-0.39, 0.29) is 0 Å². The second kappa shape index (κ2) is 4.65. The average Bonchev–Trinajstić information content (AvgIpc) is 2.40. The molecule has 1 heterocycles. The van der Waals surface area contributed by atoms with Crippen molar-refractivity contribution in [1.29, 1.82) is 5.26 Å². The van der Waals surface area contributed by atoms with E-state index in [2.05, 4.69) is 11.0 Å². The summed E-state index contributed by atoms with van der Waals surface area (Å²) in [5.41, 5.74) is 0.518. The highest BCUT2D eigenvalue weighted by Crippen LogP contribution is 2.27. The van der Waals surface area contributed by atoms with E-state index in [0.717, 1.165) is 18.7 Å². The minimum Gasteiger partial charge on any atom is -0.379 e. The first kappa shape index (κ1) is 11.1. The van der Waals surface area contributed by atoms with Crippen molar-refractivity contribution in [1.82, 2.24) is 4.90 Å². The summed E-state index contributed by atoms with van der Waals surface area (Å²) in [6.07, 6.45) is 0. The largest absolute Gasteiger partial charge is 0.379 e. The molecule has 0 amide bonds. The van der Waals surface area contributed by atoms with Crippen molar-refractivity contribution in [3.8, 4) is 6.07 Å². The van der Waals surface area contributed by atoms with E-state index in [1.165, 1.54) is 0 Å². The summed E-state index contributed by atoms with van der Waals surface area (Å²) < 4.78 is 5.32. The van der Waals surface area contributed by atoms with Crippen LogP contribution < -0.4 is 0 Å². The molecule has 3 nitrogen and oxygen atoms in total. The van der Waals surface area contributed by atoms with Gasteiger partial charge in [-0.1, -0.05) is 30.3 Å². The Hall–Kier alpha value is -1.37. The van der Waals surface area contributed by atoms with Crippen molar-refractivity contribution in [3.05, 3.63) is 35.9 Å². The zero-order valence-electron chi connectivity index (χ0n) is 9.52. The zero-order valence-corrected chi connectivity index (χ0v) is 9.52. The molecule has 0 radical (unpaired) electrons. The minimum atomic E-state index is -0.537. The maximum atomic E-state index is 9.46. The molecule has 2 rings (SSSR count). The lowest BCUT2D eigenvalue weighted by Gasteiger charge is -2.38. The molecule has 0 aliphatic carbocycles. The summed E-state index contributed by atoms with van der Waals surface area (Å²) in [6, 6.07) is 12.4. The molecule has 1 aromatic carbocycles. The quantitative estimate of drug-likeness (QED) is 0.755. The molecule has 3 heteroatoms. The number of benzene rings is 1. The number of nitrogens with zero attached hydrogens (tertiary/aromatic N) is 2. The van der Waals surface area contributed by atoms with Gasteiger partial charge in [0, 0.05) is 13.1 Å². The molecule has 0 aromatic heterocycles. The lowest BCUT2D eigenvalue weighted by Crippen LogP contribution is -2.48. The van der Waals surface area contributed by atoms with Gasteiger partial charge < -0.3 is 4.74 Å². The maximum absolute atomic E-state index is 9.46. The Morgan fingerprint density at radius 3 is 2.44 bits per heavy atom. The topological polar surface area (TPSA) is 36.3 Å². The van der Waals surface area contributed by atoms with Crippen LogP contribution in [0.2, 0.25) is 0 Å². The van der Waals surface area contributed by atoms with Gasteiger partial charge in [-0.3, -0.25) is 4.90 Å². The van der Waals surface area contributed by atoms with Crippen LogP contribution in [0.3, 0.4) is 0 Å². The molecule has 1 unspecified atom stereocenters. The summed E-state index contributed by atoms with van der Waals surface area (Å²) in [5, 5.41) is 9.46. The van der Waals surface area contributed by atoms with Crippen LogP contribution >= 0.6 is 0 Å². The Balaban J connectivity index is 2.29. The van der Waals surface area contributed by atoms with E-state index in [4.69, 9.17) is 4.74 Å². The van der Waals surface area contributed by atoms with E-state index in [0.29, 0.717) is 13.2 Å². The van der Waals surface area contributed by atoms with E-state index < -0.39 is 5.54 Å². The van der Waals surface area contributed by atoms with Crippen molar-refractivity contribution in [2.45, 2.75) is 12.5 Å². The Morgan fingerprint density at radius 1 is 1.25 bits per heavy atom. The lowest BCUT2D eigenvalue weighted by atomic mass is 9.91. The number of nitriles is 1. The molecule has 1 aliphatic heterocycles. The fourth-order valence-corrected chi connectivity index (χ4v) is 2.09. The molecular formula is C13H16N2O. The van der Waals surface area contributed by atoms with E-state index in [9.17, 15) is 5.26 Å². The number of rotatable bonds is 2. The van der Waals surface area contributed by atoms with Crippen molar-refractivity contribution in [3.63, 3.8) is 0 Å². The molecule has 0 N–H and O–H groups in total. The normalized spacial score (nSPS) is 21.0. The molecule has 84 valence electrons. The van der Waals surface area contributed by atoms with Crippen LogP contribution in [0.5, 0.6) is 0 Å². The smallest absolute Gasteiger partial charge is 0.132 e. The Morgan fingerprint density at radius 2 is 1.88 bits per heavy atom. The van der Waals surface area contributed by atoms with E-state index in [1.54, 1.807) is 0 Å². The van der Waals surface area contributed by atoms with Crippen LogP contribution in [0.4, 0.5) is 0 Å². The standard InChI is InChI=1S/C13H16N2O/c1-13(11-14,12-5-3-2-4-6-12)15-7-9-16-10-8-15/h2-6H,7-10H2,1H3. The number of hydrogen-bond acceptors (Lipinski definition) is 3. The van der Waals surface area contributed by atoms with Crippen LogP contribution in [0, 0.1) is 11.3 Å². The van der Waals surface area contributed by atoms with E-state index in [1.807, 2.05) is 37.3 Å². The number of hydrogen-bond donors (Lipinski definition) is 0. The van der Waals surface area contributed by atoms with Crippen molar-refractivity contribution in [2.75, 3.05) is 26.3 Å². The Kier molecular flexibility index (Phi) is 3.23. The second-order valence-corrected chi connectivity index (χ2v) is 4.15. The minimum absolute atomic E-state index is 0.537. The van der Waals surface area contributed by atoms with Crippen molar-refractivity contribution in [2.24, 2.45) is 0 Å². The molecule has 0 bridgehead atoms. The maximum Gasteiger partial charge on any atom is 0.132 e. The molecule has 1 atom stereocenters. The zero-order chi connectivity index (χ0) is 11.4. The summed E-state index contributed by atoms with van der Waals surface area (Å²) in [4.78, 5) is 2.19. The van der Waals surface area contributed by atoms with Gasteiger partial charge in [-0.15, -0.1) is 0 Å². The number of ether oxygens (including phenoxy) is 1. The van der Waals surface area contributed by atoms with Crippen LogP contribution in [0.1, 0.15) is 12.5 Å². The highest BCUT2D eigenvalue weighted by molar-refractivity contribution is 5.30. The van der Waals surface area contributed by atoms with Gasteiger partial charge in [0.2, 0.25) is 0 Å². The summed E-state index contributed by atoms with van der Waals surface area (Å²) in [5.74, 6) is 0. The Bertz CT molecular complexity index is 379. The van der Waals surface area contributed by atoms with Gasteiger partial charge in [0.25, 0.3) is 0 Å². The van der Waals surface area contributed by atoms with Gasteiger partial charge in [-0.2, -0.15) is 5.26 Å². The predicted molar refractivity (Wildman–Crippen MR) is 61.8 cm³/mol. The SMILES string of the molecule is CC(C#N)(c1ccccc1)N1CCOCC1. The number of morpholine rings is 1. The van der Waals surface area contributed by atoms with Crippen LogP contribution in [0.25, 0.3) is 0 Å². The van der Waals surface area contributed by atoms with Gasteiger partial charge in [-0.25, -0.2) is 0 Å². The van der Waals surface area contributed by atoms with Gasteiger partial charge >= 0.3 is 0 Å². The van der Waals surface area contributed by atoms with Crippen LogP contribution in [-0.4, -0.2) is 31.2 Å². The fourth-order valence-electron chi connectivity index (χ4n) is 2.09. The molecule has 0 spiro atoms. The summed E-state index contributed by atoms with van der Waals surface area (Å²) >= 11 is 0. The lowest BCUT2D eigenvalue weighted by molar-refractivity contribution is 0.000441. The first-order chi connectivity index (χ1) is 7.77. The molecule has 0 saturated carbocycles. The van der Waals surface area contributed by atoms with Gasteiger partial charge in [0.05, 0.1) is 19.3 Å². The molecule has 1 fully saturated rings. The summed E-state index contributed by atoms with van der Waals surface area (Å²) in [6.45, 7) is 5.04. The highest BCUT2D eigenvalue weighted by atomic mass is 16.5. The predicted octanol–water partition coefficient (Wildman–Crippen LogP) is 1.76. The van der Waals surface area contributed by atoms with Gasteiger partial charge in [-0.05, 0) is 12.5 Å². The van der Waals surface area contributed by atoms with Crippen LogP contribution in [-0.2, 0) is 10.3 Å². The molecule has 1 saturated heterocycles. The first-order valence-electron chi connectivity index (χ1n) is 5.57. The van der Waals surface area contributed by atoms with E-state index >= 15 is 0 Å². The third-order valence-electron chi connectivity index (χ3n) is 3.20. The van der Waals surface area contributed by atoms with Gasteiger partial charge in [0.15, 0.2) is 0 Å². The van der Waals surface area contributed by atoms with Crippen LogP contribution in [0.15, 0.2) is 30.3 Å². The fraction of sp³-hybridized carbons (Fsp3) is 0.462. The monoisotopic (exact) mass is 216 g/mol. The molecule has 16 heavy (non-hydrogen) atoms. The summed E-state index contributed by atoms with van der Waals surface area (Å²) in [7, 11) is 0. The first-order valence-corrected chi connectivity index (χ1v) is 5.57. The molecular weight excluding hydrogens is 200 g/mol. The Labute approximate surface area is 96.2 Å². The van der Waals surface area contributed by atoms with Crippen molar-refractivity contribution < 1.29 is 4.74 Å². The van der Waals surface area contributed by atoms with Crippen molar-refractivity contribution >= 4 is 0 Å². The van der Waals surface area contributed by atoms with Gasteiger partial charge in [0.1, 0.15) is 5.54 Å². The highest BCUT2D eigenvalue weighted by Gasteiger charge is 2.34. The third-order valence-corrected chi connectivity index (χ3v) is 3.20.